The average molecular weight is 413 g/mol. The van der Waals surface area contributed by atoms with Crippen molar-refractivity contribution in [1.82, 2.24) is 5.32 Å². The normalized spacial score (nSPS) is 11.4. The van der Waals surface area contributed by atoms with E-state index >= 15 is 0 Å². The monoisotopic (exact) mass is 413 g/mol. The Morgan fingerprint density at radius 1 is 1.03 bits per heavy atom. The molecule has 0 aromatic heterocycles. The fourth-order valence-electron chi connectivity index (χ4n) is 2.74. The summed E-state index contributed by atoms with van der Waals surface area (Å²) in [5.74, 6) is -0.467. The summed E-state index contributed by atoms with van der Waals surface area (Å²) in [7, 11) is 0. The van der Waals surface area contributed by atoms with Gasteiger partial charge in [-0.3, -0.25) is 9.59 Å². The number of hydrogen-bond donors (Lipinski definition) is 4. The van der Waals surface area contributed by atoms with Gasteiger partial charge in [-0.25, -0.2) is 4.79 Å². The molecule has 0 heterocycles. The van der Waals surface area contributed by atoms with Crippen LogP contribution in [0.25, 0.3) is 0 Å². The van der Waals surface area contributed by atoms with Crippen LogP contribution in [0, 0.1) is 12.8 Å². The van der Waals surface area contributed by atoms with Crippen molar-refractivity contribution in [3.63, 3.8) is 0 Å². The Balaban J connectivity index is 1.73. The van der Waals surface area contributed by atoms with Crippen molar-refractivity contribution in [3.05, 3.63) is 54.1 Å². The van der Waals surface area contributed by atoms with Crippen molar-refractivity contribution in [2.24, 2.45) is 5.92 Å². The number of amides is 2. The topological polar surface area (TPSA) is 117 Å². The minimum atomic E-state index is -0.928. The highest BCUT2D eigenvalue weighted by Crippen LogP contribution is 2.17. The van der Waals surface area contributed by atoms with Gasteiger partial charge in [0.2, 0.25) is 0 Å². The van der Waals surface area contributed by atoms with E-state index < -0.39 is 5.97 Å². The summed E-state index contributed by atoms with van der Waals surface area (Å²) >= 11 is 0. The number of carbonyl (C=O) groups excluding carboxylic acids is 2. The quantitative estimate of drug-likeness (QED) is 0.449. The smallest absolute Gasteiger partial charge is 0.323 e. The maximum absolute atomic E-state index is 12.1. The van der Waals surface area contributed by atoms with Gasteiger partial charge in [0.1, 0.15) is 12.4 Å². The van der Waals surface area contributed by atoms with Crippen LogP contribution >= 0.6 is 0 Å². The molecule has 0 bridgehead atoms. The molecule has 30 heavy (non-hydrogen) atoms. The zero-order valence-electron chi connectivity index (χ0n) is 17.1. The standard InChI is InChI=1S/C22H27N3O5/c1-15(12-23-13-21(27)28)11-18(26)14-30-19-9-7-17(8-10-19)24-22(29)25-20-6-4-3-5-16(20)2/h3-10,15,23H,11-14H2,1-2H3,(H,27,28)(H2,24,25,29). The van der Waals surface area contributed by atoms with Crippen molar-refractivity contribution in [3.8, 4) is 5.75 Å². The number of rotatable bonds is 11. The molecule has 0 aliphatic rings. The number of ether oxygens (including phenoxy) is 1. The second kappa shape index (κ2) is 11.6. The number of nitrogens with one attached hydrogen (secondary N) is 3. The number of ketones is 1. The van der Waals surface area contributed by atoms with Gasteiger partial charge in [-0.05, 0) is 55.3 Å². The summed E-state index contributed by atoms with van der Waals surface area (Å²) in [4.78, 5) is 34.6. The number of hydrogen-bond acceptors (Lipinski definition) is 5. The third-order valence-electron chi connectivity index (χ3n) is 4.25. The number of Topliss-reactive ketones (excluding diaryl/α,β-unsaturated/α-hetero) is 1. The number of carbonyl (C=O) groups is 3. The Kier molecular flexibility index (Phi) is 8.83. The molecule has 0 aliphatic heterocycles. The predicted molar refractivity (Wildman–Crippen MR) is 115 cm³/mol. The van der Waals surface area contributed by atoms with E-state index in [-0.39, 0.29) is 30.9 Å². The largest absolute Gasteiger partial charge is 0.486 e. The number of carboxylic acids is 1. The molecule has 2 aromatic carbocycles. The molecule has 0 spiro atoms. The minimum Gasteiger partial charge on any atom is -0.486 e. The number of aryl methyl sites for hydroxylation is 1. The fraction of sp³-hybridized carbons (Fsp3) is 0.318. The van der Waals surface area contributed by atoms with Gasteiger partial charge in [-0.1, -0.05) is 25.1 Å². The number of para-hydroxylation sites is 1. The number of benzene rings is 2. The molecule has 1 atom stereocenters. The van der Waals surface area contributed by atoms with E-state index in [1.807, 2.05) is 38.1 Å². The molecule has 8 heteroatoms. The molecule has 0 radical (unpaired) electrons. The van der Waals surface area contributed by atoms with E-state index in [0.717, 1.165) is 11.3 Å². The van der Waals surface area contributed by atoms with Crippen molar-refractivity contribution in [2.45, 2.75) is 20.3 Å². The first kappa shape index (κ1) is 22.9. The highest BCUT2D eigenvalue weighted by atomic mass is 16.5. The zero-order valence-corrected chi connectivity index (χ0v) is 17.1. The number of aliphatic carboxylic acids is 1. The molecule has 2 amide bonds. The van der Waals surface area contributed by atoms with E-state index in [2.05, 4.69) is 16.0 Å². The van der Waals surface area contributed by atoms with Gasteiger partial charge in [-0.15, -0.1) is 0 Å². The zero-order chi connectivity index (χ0) is 21.9. The molecule has 1 unspecified atom stereocenters. The van der Waals surface area contributed by atoms with Crippen LogP contribution in [0.1, 0.15) is 18.9 Å². The molecular weight excluding hydrogens is 386 g/mol. The Labute approximate surface area is 175 Å². The molecule has 8 nitrogen and oxygen atoms in total. The van der Waals surface area contributed by atoms with Gasteiger partial charge in [0.05, 0.1) is 6.54 Å². The van der Waals surface area contributed by atoms with Crippen molar-refractivity contribution < 1.29 is 24.2 Å². The molecule has 0 fully saturated rings. The molecule has 4 N–H and O–H groups in total. The maximum Gasteiger partial charge on any atom is 0.323 e. The van der Waals surface area contributed by atoms with E-state index in [1.165, 1.54) is 0 Å². The summed E-state index contributed by atoms with van der Waals surface area (Å²) in [6.45, 7) is 4.04. The van der Waals surface area contributed by atoms with Crippen LogP contribution in [0.15, 0.2) is 48.5 Å². The van der Waals surface area contributed by atoms with Crippen LogP contribution in [0.5, 0.6) is 5.75 Å². The predicted octanol–water partition coefficient (Wildman–Crippen LogP) is 3.29. The first-order valence-corrected chi connectivity index (χ1v) is 9.64. The maximum atomic E-state index is 12.1. The summed E-state index contributed by atoms with van der Waals surface area (Å²) in [5, 5.41) is 16.9. The van der Waals surface area contributed by atoms with Crippen molar-refractivity contribution in [1.29, 1.82) is 0 Å². The van der Waals surface area contributed by atoms with Gasteiger partial charge in [-0.2, -0.15) is 0 Å². The van der Waals surface area contributed by atoms with Crippen molar-refractivity contribution >= 4 is 29.2 Å². The van der Waals surface area contributed by atoms with E-state index in [9.17, 15) is 14.4 Å². The van der Waals surface area contributed by atoms with E-state index in [1.54, 1.807) is 24.3 Å². The first-order valence-electron chi connectivity index (χ1n) is 9.64. The molecule has 2 aromatic rings. The Morgan fingerprint density at radius 2 is 1.73 bits per heavy atom. The van der Waals surface area contributed by atoms with E-state index in [4.69, 9.17) is 9.84 Å². The van der Waals surface area contributed by atoms with Crippen LogP contribution in [0.3, 0.4) is 0 Å². The Bertz CT molecular complexity index is 867. The lowest BCUT2D eigenvalue weighted by atomic mass is 10.1. The Hall–Kier alpha value is -3.39. The third kappa shape index (κ3) is 8.32. The number of anilines is 2. The van der Waals surface area contributed by atoms with Gasteiger partial charge in [0, 0.05) is 17.8 Å². The molecule has 0 saturated heterocycles. The highest BCUT2D eigenvalue weighted by molar-refractivity contribution is 6.00. The summed E-state index contributed by atoms with van der Waals surface area (Å²) in [6.07, 6.45) is 0.297. The van der Waals surface area contributed by atoms with Gasteiger partial charge in [0.15, 0.2) is 5.78 Å². The van der Waals surface area contributed by atoms with Crippen LogP contribution in [-0.2, 0) is 9.59 Å². The molecule has 0 aliphatic carbocycles. The molecule has 0 saturated carbocycles. The fourth-order valence-corrected chi connectivity index (χ4v) is 2.74. The van der Waals surface area contributed by atoms with Gasteiger partial charge < -0.3 is 25.8 Å². The van der Waals surface area contributed by atoms with Crippen LogP contribution in [0.4, 0.5) is 16.2 Å². The van der Waals surface area contributed by atoms with Gasteiger partial charge in [0.25, 0.3) is 0 Å². The molecular formula is C22H27N3O5. The van der Waals surface area contributed by atoms with Crippen LogP contribution in [0.2, 0.25) is 0 Å². The number of carboxylic acid groups (broad SMARTS) is 1. The van der Waals surface area contributed by atoms with E-state index in [0.29, 0.717) is 24.4 Å². The Morgan fingerprint density at radius 3 is 2.40 bits per heavy atom. The third-order valence-corrected chi connectivity index (χ3v) is 4.25. The lowest BCUT2D eigenvalue weighted by molar-refractivity contribution is -0.136. The van der Waals surface area contributed by atoms with Crippen LogP contribution in [-0.4, -0.2) is 42.6 Å². The van der Waals surface area contributed by atoms with Crippen LogP contribution < -0.4 is 20.7 Å². The summed E-state index contributed by atoms with van der Waals surface area (Å²) in [6, 6.07) is 13.9. The molecule has 2 rings (SSSR count). The van der Waals surface area contributed by atoms with Crippen molar-refractivity contribution in [2.75, 3.05) is 30.3 Å². The SMILES string of the molecule is Cc1ccccc1NC(=O)Nc1ccc(OCC(=O)CC(C)CNCC(=O)O)cc1. The first-order chi connectivity index (χ1) is 14.3. The average Bonchev–Trinajstić information content (AvgIpc) is 2.69. The lowest BCUT2D eigenvalue weighted by Gasteiger charge is -2.12. The summed E-state index contributed by atoms with van der Waals surface area (Å²) in [5.41, 5.74) is 2.30. The lowest BCUT2D eigenvalue weighted by Crippen LogP contribution is -2.28. The second-order valence-electron chi connectivity index (χ2n) is 7.08. The second-order valence-corrected chi connectivity index (χ2v) is 7.08. The number of urea groups is 1. The highest BCUT2D eigenvalue weighted by Gasteiger charge is 2.11. The summed E-state index contributed by atoms with van der Waals surface area (Å²) < 4.78 is 5.49. The molecule has 160 valence electrons. The van der Waals surface area contributed by atoms with Gasteiger partial charge >= 0.3 is 12.0 Å². The minimum absolute atomic E-state index is 0.0128.